The Morgan fingerprint density at radius 2 is 1.44 bits per heavy atom. The van der Waals surface area contributed by atoms with E-state index in [0.717, 1.165) is 5.69 Å². The van der Waals surface area contributed by atoms with Crippen molar-refractivity contribution in [1.82, 2.24) is 0 Å². The number of alkyl halides is 2. The first kappa shape index (κ1) is 17.9. The second-order valence-electron chi connectivity index (χ2n) is 5.72. The lowest BCUT2D eigenvalue weighted by Gasteiger charge is -2.38. The molecule has 0 atom stereocenters. The van der Waals surface area contributed by atoms with Gasteiger partial charge in [0.05, 0.1) is 10.6 Å². The van der Waals surface area contributed by atoms with Crippen LogP contribution in [-0.4, -0.2) is 40.4 Å². The summed E-state index contributed by atoms with van der Waals surface area (Å²) in [5.41, 5.74) is 1.36. The smallest absolute Gasteiger partial charge is 0.341 e. The minimum atomic E-state index is -4.63. The third-order valence-electron chi connectivity index (χ3n) is 4.22. The van der Waals surface area contributed by atoms with Crippen LogP contribution in [0.1, 0.15) is 0 Å². The van der Waals surface area contributed by atoms with Gasteiger partial charge >= 0.3 is 5.76 Å². The van der Waals surface area contributed by atoms with Gasteiger partial charge in [0, 0.05) is 36.9 Å². The van der Waals surface area contributed by atoms with E-state index in [-0.39, 0.29) is 4.90 Å². The summed E-state index contributed by atoms with van der Waals surface area (Å²) in [4.78, 5) is 3.67. The van der Waals surface area contributed by atoms with Gasteiger partial charge in [-0.05, 0) is 36.4 Å². The van der Waals surface area contributed by atoms with Crippen molar-refractivity contribution in [1.29, 1.82) is 0 Å². The van der Waals surface area contributed by atoms with Crippen LogP contribution in [-0.2, 0) is 9.84 Å². The van der Waals surface area contributed by atoms with Gasteiger partial charge < -0.3 is 9.80 Å². The minimum absolute atomic E-state index is 0.315. The molecule has 8 heteroatoms. The van der Waals surface area contributed by atoms with Crippen molar-refractivity contribution in [2.45, 2.75) is 10.7 Å². The van der Waals surface area contributed by atoms with Crippen molar-refractivity contribution in [2.24, 2.45) is 0 Å². The number of hydrogen-bond acceptors (Lipinski definition) is 4. The van der Waals surface area contributed by atoms with Crippen molar-refractivity contribution in [3.8, 4) is 0 Å². The van der Waals surface area contributed by atoms with E-state index in [1.54, 1.807) is 12.1 Å². The molecule has 1 heterocycles. The van der Waals surface area contributed by atoms with Crippen LogP contribution in [0.15, 0.2) is 53.4 Å². The van der Waals surface area contributed by atoms with Gasteiger partial charge in [-0.15, -0.1) is 0 Å². The second kappa shape index (κ2) is 7.17. The molecule has 0 N–H and O–H groups in total. The largest absolute Gasteiger partial charge is 0.368 e. The van der Waals surface area contributed by atoms with Gasteiger partial charge in [0.15, 0.2) is 0 Å². The van der Waals surface area contributed by atoms with E-state index in [1.165, 1.54) is 12.1 Å². The van der Waals surface area contributed by atoms with E-state index >= 15 is 0 Å². The van der Waals surface area contributed by atoms with Gasteiger partial charge in [-0.25, -0.2) is 8.42 Å². The average Bonchev–Trinajstić information content (AvgIpc) is 2.62. The van der Waals surface area contributed by atoms with Crippen molar-refractivity contribution in [3.63, 3.8) is 0 Å². The number of nitrogens with zero attached hydrogens (tertiary/aromatic N) is 2. The molecular formula is C17H17ClF2N2O2S. The maximum atomic E-state index is 12.9. The lowest BCUT2D eigenvalue weighted by molar-refractivity contribution is 0.235. The van der Waals surface area contributed by atoms with Crippen molar-refractivity contribution in [3.05, 3.63) is 53.6 Å². The number of rotatable bonds is 4. The molecule has 1 aliphatic heterocycles. The van der Waals surface area contributed by atoms with Gasteiger partial charge in [0.1, 0.15) is 0 Å². The SMILES string of the molecule is O=S(=O)(c1ccccc1N1CCN(c2ccc(Cl)cc2)CC1)C(F)F. The number of halogens is 3. The zero-order valence-electron chi connectivity index (χ0n) is 13.3. The second-order valence-corrected chi connectivity index (χ2v) is 8.05. The number of para-hydroxylation sites is 1. The molecule has 134 valence electrons. The molecular weight excluding hydrogens is 370 g/mol. The molecule has 1 aliphatic rings. The van der Waals surface area contributed by atoms with Crippen LogP contribution < -0.4 is 9.80 Å². The maximum Gasteiger partial charge on any atom is 0.341 e. The van der Waals surface area contributed by atoms with Crippen molar-refractivity contribution >= 4 is 32.8 Å². The first-order valence-electron chi connectivity index (χ1n) is 7.76. The molecule has 2 aromatic carbocycles. The van der Waals surface area contributed by atoms with Crippen molar-refractivity contribution in [2.75, 3.05) is 36.0 Å². The van der Waals surface area contributed by atoms with Gasteiger partial charge in [-0.1, -0.05) is 23.7 Å². The highest BCUT2D eigenvalue weighted by atomic mass is 35.5. The Morgan fingerprint density at radius 3 is 2.04 bits per heavy atom. The highest BCUT2D eigenvalue weighted by Crippen LogP contribution is 2.30. The fourth-order valence-corrected chi connectivity index (χ4v) is 3.99. The summed E-state index contributed by atoms with van der Waals surface area (Å²) < 4.78 is 49.7. The van der Waals surface area contributed by atoms with E-state index < -0.39 is 15.6 Å². The first-order valence-corrected chi connectivity index (χ1v) is 9.68. The van der Waals surface area contributed by atoms with Gasteiger partial charge in [0.2, 0.25) is 9.84 Å². The number of anilines is 2. The van der Waals surface area contributed by atoms with E-state index in [2.05, 4.69) is 4.90 Å². The molecule has 0 aliphatic carbocycles. The zero-order valence-corrected chi connectivity index (χ0v) is 14.9. The van der Waals surface area contributed by atoms with Crippen LogP contribution >= 0.6 is 11.6 Å². The highest BCUT2D eigenvalue weighted by Gasteiger charge is 2.31. The van der Waals surface area contributed by atoms with E-state index in [4.69, 9.17) is 11.6 Å². The average molecular weight is 387 g/mol. The molecule has 4 nitrogen and oxygen atoms in total. The maximum absolute atomic E-state index is 12.9. The quantitative estimate of drug-likeness (QED) is 0.804. The fraction of sp³-hybridized carbons (Fsp3) is 0.294. The molecule has 1 fully saturated rings. The minimum Gasteiger partial charge on any atom is -0.368 e. The zero-order chi connectivity index (χ0) is 18.0. The van der Waals surface area contributed by atoms with Crippen LogP contribution in [0.5, 0.6) is 0 Å². The molecule has 3 rings (SSSR count). The Kier molecular flexibility index (Phi) is 5.15. The summed E-state index contributed by atoms with van der Waals surface area (Å²) in [6.07, 6.45) is 0. The molecule has 0 bridgehead atoms. The topological polar surface area (TPSA) is 40.6 Å². The molecule has 0 spiro atoms. The number of benzene rings is 2. The van der Waals surface area contributed by atoms with Gasteiger partial charge in [0.25, 0.3) is 0 Å². The number of piperazine rings is 1. The lowest BCUT2D eigenvalue weighted by atomic mass is 10.2. The summed E-state index contributed by atoms with van der Waals surface area (Å²) in [6, 6.07) is 13.4. The van der Waals surface area contributed by atoms with Gasteiger partial charge in [-0.3, -0.25) is 0 Å². The Bertz CT molecular complexity index is 836. The normalized spacial score (nSPS) is 15.7. The molecule has 0 aromatic heterocycles. The molecule has 0 amide bonds. The molecule has 25 heavy (non-hydrogen) atoms. The Balaban J connectivity index is 1.79. The molecule has 2 aromatic rings. The molecule has 0 unspecified atom stereocenters. The van der Waals surface area contributed by atoms with Crippen LogP contribution in [0.2, 0.25) is 5.02 Å². The predicted molar refractivity (Wildman–Crippen MR) is 95.5 cm³/mol. The summed E-state index contributed by atoms with van der Waals surface area (Å²) in [5, 5.41) is 0.661. The van der Waals surface area contributed by atoms with Gasteiger partial charge in [-0.2, -0.15) is 8.78 Å². The summed E-state index contributed by atoms with van der Waals surface area (Å²) >= 11 is 5.89. The van der Waals surface area contributed by atoms with Crippen LogP contribution in [0.4, 0.5) is 20.2 Å². The summed E-state index contributed by atoms with van der Waals surface area (Å²) in [6.45, 7) is 2.40. The fourth-order valence-electron chi connectivity index (χ4n) is 2.91. The highest BCUT2D eigenvalue weighted by molar-refractivity contribution is 7.91. The predicted octanol–water partition coefficient (Wildman–Crippen LogP) is 3.66. The van der Waals surface area contributed by atoms with E-state index in [1.807, 2.05) is 29.2 Å². The monoisotopic (exact) mass is 386 g/mol. The number of hydrogen-bond donors (Lipinski definition) is 0. The third kappa shape index (κ3) is 3.72. The van der Waals surface area contributed by atoms with E-state index in [0.29, 0.717) is 36.9 Å². The van der Waals surface area contributed by atoms with Crippen LogP contribution in [0, 0.1) is 0 Å². The number of sulfone groups is 1. The van der Waals surface area contributed by atoms with Crippen molar-refractivity contribution < 1.29 is 17.2 Å². The Labute approximate surface area is 150 Å². The van der Waals surface area contributed by atoms with Crippen LogP contribution in [0.3, 0.4) is 0 Å². The Hall–Kier alpha value is -1.86. The molecule has 1 saturated heterocycles. The summed E-state index contributed by atoms with van der Waals surface area (Å²) in [7, 11) is -4.63. The standard InChI is InChI=1S/C17H17ClF2N2O2S/c18-13-5-7-14(8-6-13)21-9-11-22(12-10-21)15-3-1-2-4-16(15)25(23,24)17(19)20/h1-8,17H,9-12H2. The molecule has 0 radical (unpaired) electrons. The lowest BCUT2D eigenvalue weighted by Crippen LogP contribution is -2.47. The van der Waals surface area contributed by atoms with Crippen LogP contribution in [0.25, 0.3) is 0 Å². The molecule has 0 saturated carbocycles. The van der Waals surface area contributed by atoms with E-state index in [9.17, 15) is 17.2 Å². The first-order chi connectivity index (χ1) is 11.9. The summed E-state index contributed by atoms with van der Waals surface area (Å²) in [5.74, 6) is -3.43. The Morgan fingerprint density at radius 1 is 0.880 bits per heavy atom. The third-order valence-corrected chi connectivity index (χ3v) is 5.90.